The van der Waals surface area contributed by atoms with Crippen molar-refractivity contribution < 1.29 is 14.3 Å². The minimum atomic E-state index is -0.235. The fourth-order valence-electron chi connectivity index (χ4n) is 2.71. The fraction of sp³-hybridized carbons (Fsp3) is 0.375. The molecule has 0 saturated heterocycles. The molecule has 2 aromatic heterocycles. The van der Waals surface area contributed by atoms with Crippen LogP contribution in [0.15, 0.2) is 47.5 Å². The number of carbonyl (C=O) groups excluding carboxylic acids is 1. The van der Waals surface area contributed by atoms with Crippen LogP contribution in [0.4, 0.5) is 0 Å². The summed E-state index contributed by atoms with van der Waals surface area (Å²) in [5.74, 6) is 0.174. The number of rotatable bonds is 5. The van der Waals surface area contributed by atoms with Crippen LogP contribution in [0.1, 0.15) is 28.8 Å². The zero-order valence-corrected chi connectivity index (χ0v) is 11.6. The molecule has 1 atom stereocenters. The van der Waals surface area contributed by atoms with E-state index in [4.69, 9.17) is 4.42 Å². The van der Waals surface area contributed by atoms with Gasteiger partial charge in [-0.1, -0.05) is 0 Å². The van der Waals surface area contributed by atoms with Crippen LogP contribution in [-0.4, -0.2) is 28.1 Å². The molecule has 0 radical (unpaired) electrons. The molecular formula is C16H18N2O3. The maximum atomic E-state index is 12.2. The van der Waals surface area contributed by atoms with Crippen molar-refractivity contribution in [1.82, 2.24) is 10.3 Å². The second-order valence-electron chi connectivity index (χ2n) is 5.54. The Balaban J connectivity index is 1.69. The minimum absolute atomic E-state index is 0.0122. The van der Waals surface area contributed by atoms with Gasteiger partial charge in [0.25, 0.3) is 5.91 Å². The van der Waals surface area contributed by atoms with Crippen LogP contribution >= 0.6 is 0 Å². The lowest BCUT2D eigenvalue weighted by molar-refractivity contribution is 0.0239. The molecule has 2 heterocycles. The van der Waals surface area contributed by atoms with Crippen LogP contribution in [0, 0.1) is 5.92 Å². The van der Waals surface area contributed by atoms with E-state index in [1.807, 2.05) is 12.1 Å². The standard InChI is InChI=1S/C16H18N2O3/c19-14-8-13(9-14)15(7-11-1-4-17-5-2-11)18-16(20)12-3-6-21-10-12/h1-6,10,13-15,19H,7-9H2,(H,18,20). The van der Waals surface area contributed by atoms with E-state index in [2.05, 4.69) is 10.3 Å². The van der Waals surface area contributed by atoms with Crippen molar-refractivity contribution in [1.29, 1.82) is 0 Å². The maximum absolute atomic E-state index is 12.2. The molecule has 2 aromatic rings. The number of aromatic nitrogens is 1. The summed E-state index contributed by atoms with van der Waals surface area (Å²) in [5, 5.41) is 12.6. The lowest BCUT2D eigenvalue weighted by Gasteiger charge is -2.38. The molecule has 0 aromatic carbocycles. The van der Waals surface area contributed by atoms with E-state index >= 15 is 0 Å². The summed E-state index contributed by atoms with van der Waals surface area (Å²) in [7, 11) is 0. The van der Waals surface area contributed by atoms with Crippen molar-refractivity contribution in [2.75, 3.05) is 0 Å². The topological polar surface area (TPSA) is 75.4 Å². The van der Waals surface area contributed by atoms with Gasteiger partial charge in [0.2, 0.25) is 0 Å². The highest BCUT2D eigenvalue weighted by Gasteiger charge is 2.34. The molecule has 110 valence electrons. The number of furan rings is 1. The first-order valence-electron chi connectivity index (χ1n) is 7.12. The first-order valence-corrected chi connectivity index (χ1v) is 7.12. The van der Waals surface area contributed by atoms with Crippen molar-refractivity contribution >= 4 is 5.91 Å². The van der Waals surface area contributed by atoms with Crippen molar-refractivity contribution in [3.8, 4) is 0 Å². The largest absolute Gasteiger partial charge is 0.472 e. The van der Waals surface area contributed by atoms with Crippen molar-refractivity contribution in [3.63, 3.8) is 0 Å². The smallest absolute Gasteiger partial charge is 0.254 e. The van der Waals surface area contributed by atoms with Gasteiger partial charge in [-0.15, -0.1) is 0 Å². The lowest BCUT2D eigenvalue weighted by Crippen LogP contribution is -2.48. The highest BCUT2D eigenvalue weighted by molar-refractivity contribution is 5.94. The Morgan fingerprint density at radius 1 is 1.38 bits per heavy atom. The van der Waals surface area contributed by atoms with Crippen LogP contribution < -0.4 is 5.32 Å². The summed E-state index contributed by atoms with van der Waals surface area (Å²) in [5.41, 5.74) is 1.65. The molecule has 1 unspecified atom stereocenters. The van der Waals surface area contributed by atoms with Gasteiger partial charge in [0.05, 0.1) is 17.9 Å². The lowest BCUT2D eigenvalue weighted by atomic mass is 9.75. The predicted molar refractivity (Wildman–Crippen MR) is 76.6 cm³/mol. The Morgan fingerprint density at radius 3 is 2.76 bits per heavy atom. The van der Waals surface area contributed by atoms with E-state index in [0.717, 1.165) is 24.8 Å². The fourth-order valence-corrected chi connectivity index (χ4v) is 2.71. The Kier molecular flexibility index (Phi) is 4.01. The summed E-state index contributed by atoms with van der Waals surface area (Å²) in [6, 6.07) is 5.56. The molecule has 5 heteroatoms. The zero-order chi connectivity index (χ0) is 14.7. The van der Waals surface area contributed by atoms with E-state index in [-0.39, 0.29) is 18.1 Å². The zero-order valence-electron chi connectivity index (χ0n) is 11.6. The molecule has 2 N–H and O–H groups in total. The molecular weight excluding hydrogens is 268 g/mol. The van der Waals surface area contributed by atoms with Crippen LogP contribution in [0.5, 0.6) is 0 Å². The molecule has 0 aliphatic heterocycles. The van der Waals surface area contributed by atoms with Gasteiger partial charge in [-0.05, 0) is 48.9 Å². The van der Waals surface area contributed by atoms with E-state index in [1.54, 1.807) is 18.5 Å². The molecule has 21 heavy (non-hydrogen) atoms. The summed E-state index contributed by atoms with van der Waals surface area (Å²) in [6.07, 6.45) is 8.40. The van der Waals surface area contributed by atoms with Crippen molar-refractivity contribution in [3.05, 3.63) is 54.2 Å². The molecule has 5 nitrogen and oxygen atoms in total. The normalized spacial score (nSPS) is 22.3. The summed E-state index contributed by atoms with van der Waals surface area (Å²) < 4.78 is 4.94. The monoisotopic (exact) mass is 286 g/mol. The van der Waals surface area contributed by atoms with Gasteiger partial charge in [-0.2, -0.15) is 0 Å². The number of nitrogens with zero attached hydrogens (tertiary/aromatic N) is 1. The third-order valence-corrected chi connectivity index (χ3v) is 4.02. The summed E-state index contributed by atoms with van der Waals surface area (Å²) in [4.78, 5) is 16.2. The van der Waals surface area contributed by atoms with Crippen LogP contribution in [0.25, 0.3) is 0 Å². The maximum Gasteiger partial charge on any atom is 0.254 e. The van der Waals surface area contributed by atoms with Crippen LogP contribution in [0.3, 0.4) is 0 Å². The quantitative estimate of drug-likeness (QED) is 0.878. The Hall–Kier alpha value is -2.14. The third kappa shape index (κ3) is 3.31. The van der Waals surface area contributed by atoms with Crippen molar-refractivity contribution in [2.45, 2.75) is 31.4 Å². The van der Waals surface area contributed by atoms with E-state index < -0.39 is 0 Å². The highest BCUT2D eigenvalue weighted by atomic mass is 16.3. The average Bonchev–Trinajstić information content (AvgIpc) is 2.98. The van der Waals surface area contributed by atoms with Gasteiger partial charge < -0.3 is 14.8 Å². The number of aliphatic hydroxyl groups excluding tert-OH is 1. The first kappa shape index (κ1) is 13.8. The average molecular weight is 286 g/mol. The Labute approximate surface area is 123 Å². The Morgan fingerprint density at radius 2 is 2.14 bits per heavy atom. The first-order chi connectivity index (χ1) is 10.2. The van der Waals surface area contributed by atoms with E-state index in [1.165, 1.54) is 12.5 Å². The molecule has 0 spiro atoms. The number of aliphatic hydroxyl groups is 1. The number of pyridine rings is 1. The van der Waals surface area contributed by atoms with Crippen LogP contribution in [0.2, 0.25) is 0 Å². The second-order valence-corrected chi connectivity index (χ2v) is 5.54. The van der Waals surface area contributed by atoms with Crippen LogP contribution in [-0.2, 0) is 6.42 Å². The Bertz CT molecular complexity index is 577. The third-order valence-electron chi connectivity index (χ3n) is 4.02. The van der Waals surface area contributed by atoms with E-state index in [0.29, 0.717) is 11.5 Å². The van der Waals surface area contributed by atoms with Gasteiger partial charge in [0.1, 0.15) is 6.26 Å². The number of carbonyl (C=O) groups is 1. The minimum Gasteiger partial charge on any atom is -0.472 e. The van der Waals surface area contributed by atoms with Gasteiger partial charge >= 0.3 is 0 Å². The summed E-state index contributed by atoms with van der Waals surface area (Å²) in [6.45, 7) is 0. The molecule has 0 bridgehead atoms. The second kappa shape index (κ2) is 6.10. The SMILES string of the molecule is O=C(NC(Cc1ccncc1)C1CC(O)C1)c1ccoc1. The number of amides is 1. The van der Waals surface area contributed by atoms with Gasteiger partial charge in [-0.25, -0.2) is 0 Å². The van der Waals surface area contributed by atoms with Crippen molar-refractivity contribution in [2.24, 2.45) is 5.92 Å². The summed E-state index contributed by atoms with van der Waals surface area (Å²) >= 11 is 0. The molecule has 3 rings (SSSR count). The molecule has 1 saturated carbocycles. The number of nitrogens with one attached hydrogen (secondary N) is 1. The molecule has 1 fully saturated rings. The van der Waals surface area contributed by atoms with Gasteiger partial charge in [-0.3, -0.25) is 9.78 Å². The van der Waals surface area contributed by atoms with Gasteiger partial charge in [0, 0.05) is 18.4 Å². The molecule has 1 aliphatic rings. The van der Waals surface area contributed by atoms with Gasteiger partial charge in [0.15, 0.2) is 0 Å². The highest BCUT2D eigenvalue weighted by Crippen LogP contribution is 2.31. The number of hydrogen-bond donors (Lipinski definition) is 2. The van der Waals surface area contributed by atoms with E-state index in [9.17, 15) is 9.90 Å². The number of hydrogen-bond acceptors (Lipinski definition) is 4. The molecule has 1 amide bonds. The molecule has 1 aliphatic carbocycles. The predicted octanol–water partition coefficient (Wildman–Crippen LogP) is 1.79.